The molecule has 1 aromatic carbocycles. The molecule has 3 nitrogen and oxygen atoms in total. The van der Waals surface area contributed by atoms with Gasteiger partial charge in [0.05, 0.1) is 16.6 Å². The number of para-hydroxylation sites is 1. The molecule has 0 fully saturated rings. The number of thiophene rings is 1. The van der Waals surface area contributed by atoms with E-state index >= 15 is 0 Å². The number of hydrogen-bond donors (Lipinski definition) is 1. The molecule has 0 aliphatic rings. The molecule has 1 atom stereocenters. The molecule has 2 rings (SSSR count). The molecular formula is C14H15F2NO2S2. The Hall–Kier alpha value is -1.47. The molecule has 1 aromatic heterocycles. The normalized spacial score (nSPS) is 13.4. The topological polar surface area (TPSA) is 46.2 Å². The number of alkyl halides is 2. The minimum Gasteiger partial charge on any atom is -0.377 e. The molecule has 0 amide bonds. The third-order valence-corrected chi connectivity index (χ3v) is 5.61. The first kappa shape index (κ1) is 15.9. The summed E-state index contributed by atoms with van der Waals surface area (Å²) in [5.74, 6) is -3.43. The molecular weight excluding hydrogens is 316 g/mol. The van der Waals surface area contributed by atoms with Crippen LogP contribution >= 0.6 is 11.3 Å². The standard InChI is InChI=1S/C14H15F2NO2S2/c1-9-7-8-12(20-9)10(2)17-11-5-3-4-6-13(11)21(18,19)14(15)16/h3-8,10,14,17H,1-2H3. The number of hydrogen-bond acceptors (Lipinski definition) is 4. The van der Waals surface area contributed by atoms with Gasteiger partial charge in [-0.1, -0.05) is 12.1 Å². The number of sulfone groups is 1. The maximum atomic E-state index is 12.7. The highest BCUT2D eigenvalue weighted by atomic mass is 32.2. The first-order valence-electron chi connectivity index (χ1n) is 6.26. The van der Waals surface area contributed by atoms with Crippen molar-refractivity contribution in [3.8, 4) is 0 Å². The lowest BCUT2D eigenvalue weighted by molar-refractivity contribution is 0.235. The van der Waals surface area contributed by atoms with E-state index in [4.69, 9.17) is 0 Å². The molecule has 0 radical (unpaired) electrons. The van der Waals surface area contributed by atoms with Gasteiger partial charge in [0, 0.05) is 9.75 Å². The van der Waals surface area contributed by atoms with Gasteiger partial charge in [0.25, 0.3) is 0 Å². The van der Waals surface area contributed by atoms with Crippen LogP contribution in [0.2, 0.25) is 0 Å². The molecule has 0 aliphatic heterocycles. The van der Waals surface area contributed by atoms with Crippen LogP contribution in [0.3, 0.4) is 0 Å². The molecule has 1 heterocycles. The van der Waals surface area contributed by atoms with Gasteiger partial charge >= 0.3 is 5.76 Å². The van der Waals surface area contributed by atoms with Crippen molar-refractivity contribution in [3.05, 3.63) is 46.2 Å². The second-order valence-corrected chi connectivity index (χ2v) is 7.82. The molecule has 0 saturated carbocycles. The predicted octanol–water partition coefficient (Wildman–Crippen LogP) is 4.23. The summed E-state index contributed by atoms with van der Waals surface area (Å²) >= 11 is 1.57. The van der Waals surface area contributed by atoms with Crippen molar-refractivity contribution >= 4 is 26.9 Å². The van der Waals surface area contributed by atoms with Crippen molar-refractivity contribution in [3.63, 3.8) is 0 Å². The van der Waals surface area contributed by atoms with Crippen LogP contribution in [0.4, 0.5) is 14.5 Å². The Balaban J connectivity index is 2.33. The highest BCUT2D eigenvalue weighted by Crippen LogP contribution is 2.31. The molecule has 21 heavy (non-hydrogen) atoms. The lowest BCUT2D eigenvalue weighted by Crippen LogP contribution is -2.15. The summed E-state index contributed by atoms with van der Waals surface area (Å²) < 4.78 is 48.8. The van der Waals surface area contributed by atoms with E-state index in [1.165, 1.54) is 18.2 Å². The summed E-state index contributed by atoms with van der Waals surface area (Å²) in [5.41, 5.74) is 0.191. The highest BCUT2D eigenvalue weighted by molar-refractivity contribution is 7.91. The minimum atomic E-state index is -4.62. The Morgan fingerprint density at radius 2 is 1.81 bits per heavy atom. The maximum absolute atomic E-state index is 12.7. The molecule has 1 N–H and O–H groups in total. The summed E-state index contributed by atoms with van der Waals surface area (Å²) in [7, 11) is -4.62. The van der Waals surface area contributed by atoms with Gasteiger partial charge in [-0.25, -0.2) is 8.42 Å². The second kappa shape index (κ2) is 6.11. The molecule has 0 spiro atoms. The van der Waals surface area contributed by atoms with Crippen LogP contribution in [0.1, 0.15) is 22.7 Å². The number of rotatable bonds is 5. The van der Waals surface area contributed by atoms with Gasteiger partial charge in [0.15, 0.2) is 0 Å². The van der Waals surface area contributed by atoms with Crippen molar-refractivity contribution in [2.24, 2.45) is 0 Å². The predicted molar refractivity (Wildman–Crippen MR) is 80.7 cm³/mol. The highest BCUT2D eigenvalue weighted by Gasteiger charge is 2.29. The Morgan fingerprint density at radius 1 is 1.14 bits per heavy atom. The number of aryl methyl sites for hydroxylation is 1. The number of halogens is 2. The van der Waals surface area contributed by atoms with Crippen LogP contribution in [-0.4, -0.2) is 14.2 Å². The van der Waals surface area contributed by atoms with Crippen molar-refractivity contribution in [1.82, 2.24) is 0 Å². The van der Waals surface area contributed by atoms with Crippen LogP contribution in [0.5, 0.6) is 0 Å². The van der Waals surface area contributed by atoms with Crippen LogP contribution in [0.15, 0.2) is 41.3 Å². The Kier molecular flexibility index (Phi) is 4.63. The van der Waals surface area contributed by atoms with E-state index in [1.807, 2.05) is 26.0 Å². The average molecular weight is 331 g/mol. The zero-order valence-corrected chi connectivity index (χ0v) is 13.1. The monoisotopic (exact) mass is 331 g/mol. The largest absolute Gasteiger partial charge is 0.377 e. The SMILES string of the molecule is Cc1ccc(C(C)Nc2ccccc2S(=O)(=O)C(F)F)s1. The fourth-order valence-corrected chi connectivity index (χ4v) is 3.69. The summed E-state index contributed by atoms with van der Waals surface area (Å²) in [4.78, 5) is 1.77. The second-order valence-electron chi connectivity index (χ2n) is 4.62. The summed E-state index contributed by atoms with van der Waals surface area (Å²) in [5, 5.41) is 3.00. The molecule has 114 valence electrons. The lowest BCUT2D eigenvalue weighted by atomic mass is 10.2. The quantitative estimate of drug-likeness (QED) is 0.892. The van der Waals surface area contributed by atoms with Gasteiger partial charge in [-0.2, -0.15) is 8.78 Å². The fourth-order valence-electron chi connectivity index (χ4n) is 1.92. The van der Waals surface area contributed by atoms with E-state index in [0.717, 1.165) is 9.75 Å². The van der Waals surface area contributed by atoms with Gasteiger partial charge in [-0.05, 0) is 38.1 Å². The Morgan fingerprint density at radius 3 is 2.38 bits per heavy atom. The van der Waals surface area contributed by atoms with Crippen LogP contribution in [0.25, 0.3) is 0 Å². The fraction of sp³-hybridized carbons (Fsp3) is 0.286. The zero-order valence-electron chi connectivity index (χ0n) is 11.5. The minimum absolute atomic E-state index is 0.169. The average Bonchev–Trinajstić information content (AvgIpc) is 2.86. The van der Waals surface area contributed by atoms with E-state index in [2.05, 4.69) is 5.32 Å². The van der Waals surface area contributed by atoms with Crippen molar-refractivity contribution in [2.75, 3.05) is 5.32 Å². The summed E-state index contributed by atoms with van der Waals surface area (Å²) in [6, 6.07) is 9.45. The van der Waals surface area contributed by atoms with Crippen molar-refractivity contribution in [2.45, 2.75) is 30.5 Å². The van der Waals surface area contributed by atoms with Crippen LogP contribution in [-0.2, 0) is 9.84 Å². The third kappa shape index (κ3) is 3.41. The van der Waals surface area contributed by atoms with Gasteiger partial charge in [-0.3, -0.25) is 0 Å². The van der Waals surface area contributed by atoms with Gasteiger partial charge in [0.1, 0.15) is 0 Å². The van der Waals surface area contributed by atoms with Gasteiger partial charge < -0.3 is 5.32 Å². The first-order valence-corrected chi connectivity index (χ1v) is 8.62. The van der Waals surface area contributed by atoms with Crippen molar-refractivity contribution < 1.29 is 17.2 Å². The summed E-state index contributed by atoms with van der Waals surface area (Å²) in [6.07, 6.45) is 0. The molecule has 7 heteroatoms. The first-order chi connectivity index (χ1) is 9.82. The van der Waals surface area contributed by atoms with E-state index in [9.17, 15) is 17.2 Å². The number of anilines is 1. The zero-order chi connectivity index (χ0) is 15.6. The van der Waals surface area contributed by atoms with Crippen molar-refractivity contribution in [1.29, 1.82) is 0 Å². The smallest absolute Gasteiger partial charge is 0.341 e. The van der Waals surface area contributed by atoms with E-state index in [1.54, 1.807) is 17.4 Å². The van der Waals surface area contributed by atoms with E-state index in [-0.39, 0.29) is 16.6 Å². The van der Waals surface area contributed by atoms with Crippen LogP contribution < -0.4 is 5.32 Å². The van der Waals surface area contributed by atoms with Gasteiger partial charge in [0.2, 0.25) is 9.84 Å². The lowest BCUT2D eigenvalue weighted by Gasteiger charge is -2.17. The summed E-state index contributed by atoms with van der Waals surface area (Å²) in [6.45, 7) is 3.83. The van der Waals surface area contributed by atoms with E-state index in [0.29, 0.717) is 0 Å². The molecule has 0 aliphatic carbocycles. The Bertz CT molecular complexity index is 726. The molecule has 0 bridgehead atoms. The van der Waals surface area contributed by atoms with Gasteiger partial charge in [-0.15, -0.1) is 11.3 Å². The number of nitrogens with one attached hydrogen (secondary N) is 1. The molecule has 0 saturated heterocycles. The number of benzene rings is 1. The third-order valence-electron chi connectivity index (χ3n) is 2.99. The van der Waals surface area contributed by atoms with Crippen LogP contribution in [0, 0.1) is 6.92 Å². The molecule has 1 unspecified atom stereocenters. The van der Waals surface area contributed by atoms with E-state index < -0.39 is 15.6 Å². The Labute approximate surface area is 126 Å². The molecule has 2 aromatic rings. The maximum Gasteiger partial charge on any atom is 0.341 e.